The van der Waals surface area contributed by atoms with Crippen LogP contribution in [0.25, 0.3) is 16.7 Å². The van der Waals surface area contributed by atoms with Gasteiger partial charge >= 0.3 is 6.09 Å². The van der Waals surface area contributed by atoms with Gasteiger partial charge in [0.25, 0.3) is 5.91 Å². The molecule has 1 aliphatic rings. The van der Waals surface area contributed by atoms with Gasteiger partial charge in [0, 0.05) is 30.4 Å². The highest BCUT2D eigenvalue weighted by Gasteiger charge is 2.26. The van der Waals surface area contributed by atoms with Crippen molar-refractivity contribution >= 4 is 40.2 Å². The Kier molecular flexibility index (Phi) is 6.13. The SMILES string of the molecule is CC(C)(C)OC(=O)NC1CCN(C(=O)c2ccc(Nc3nc4ccccc4n4nnnc34)cc2)CC1. The van der Waals surface area contributed by atoms with Crippen molar-refractivity contribution in [3.05, 3.63) is 54.1 Å². The minimum absolute atomic E-state index is 0.00610. The lowest BCUT2D eigenvalue weighted by molar-refractivity contribution is 0.0473. The number of hydrogen-bond acceptors (Lipinski definition) is 8. The number of aromatic nitrogens is 5. The number of ether oxygens (including phenoxy) is 1. The first-order valence-electron chi connectivity index (χ1n) is 11.9. The first-order valence-corrected chi connectivity index (χ1v) is 11.9. The largest absolute Gasteiger partial charge is 0.444 e. The number of amides is 2. The normalized spacial score (nSPS) is 14.7. The molecule has 2 aromatic heterocycles. The Bertz CT molecular complexity index is 1400. The third-order valence-electron chi connectivity index (χ3n) is 5.92. The van der Waals surface area contributed by atoms with Gasteiger partial charge in [0.1, 0.15) is 5.60 Å². The van der Waals surface area contributed by atoms with Gasteiger partial charge in [-0.15, -0.1) is 5.10 Å². The van der Waals surface area contributed by atoms with Gasteiger partial charge in [-0.3, -0.25) is 4.79 Å². The molecule has 11 heteroatoms. The second kappa shape index (κ2) is 9.40. The van der Waals surface area contributed by atoms with E-state index in [1.165, 1.54) is 0 Å². The predicted octanol–water partition coefficient (Wildman–Crippen LogP) is 3.55. The number of piperidine rings is 1. The minimum Gasteiger partial charge on any atom is -0.444 e. The van der Waals surface area contributed by atoms with Crippen molar-refractivity contribution < 1.29 is 14.3 Å². The summed E-state index contributed by atoms with van der Waals surface area (Å²) in [5.74, 6) is 0.488. The van der Waals surface area contributed by atoms with Crippen molar-refractivity contribution in [2.24, 2.45) is 0 Å². The first kappa shape index (κ1) is 23.5. The Morgan fingerprint density at radius 3 is 2.47 bits per heavy atom. The molecule has 2 amide bonds. The van der Waals surface area contributed by atoms with Crippen molar-refractivity contribution in [1.29, 1.82) is 0 Å². The van der Waals surface area contributed by atoms with Crippen LogP contribution in [0, 0.1) is 0 Å². The zero-order valence-electron chi connectivity index (χ0n) is 20.4. The van der Waals surface area contributed by atoms with Gasteiger partial charge in [-0.25, -0.2) is 9.78 Å². The number of tetrazole rings is 1. The summed E-state index contributed by atoms with van der Waals surface area (Å²) in [4.78, 5) is 31.5. The van der Waals surface area contributed by atoms with Crippen molar-refractivity contribution in [2.45, 2.75) is 45.3 Å². The molecule has 36 heavy (non-hydrogen) atoms. The summed E-state index contributed by atoms with van der Waals surface area (Å²) < 4.78 is 6.97. The zero-order valence-corrected chi connectivity index (χ0v) is 20.4. The van der Waals surface area contributed by atoms with Crippen LogP contribution in [-0.2, 0) is 4.74 Å². The number of carbonyl (C=O) groups is 2. The van der Waals surface area contributed by atoms with Crippen LogP contribution >= 0.6 is 0 Å². The molecule has 1 aliphatic heterocycles. The van der Waals surface area contributed by atoms with Gasteiger partial charge in [-0.2, -0.15) is 4.52 Å². The summed E-state index contributed by atoms with van der Waals surface area (Å²) in [6.45, 7) is 6.63. The van der Waals surface area contributed by atoms with Crippen molar-refractivity contribution in [3.8, 4) is 0 Å². The minimum atomic E-state index is -0.537. The summed E-state index contributed by atoms with van der Waals surface area (Å²) in [7, 11) is 0. The maximum atomic E-state index is 13.0. The summed E-state index contributed by atoms with van der Waals surface area (Å²) >= 11 is 0. The summed E-state index contributed by atoms with van der Waals surface area (Å²) in [5, 5.41) is 18.1. The third-order valence-corrected chi connectivity index (χ3v) is 5.92. The molecular formula is C25H28N8O3. The lowest BCUT2D eigenvalue weighted by atomic mass is 10.0. The number of nitrogens with one attached hydrogen (secondary N) is 2. The molecule has 1 saturated heterocycles. The molecule has 0 radical (unpaired) electrons. The Labute approximate surface area is 207 Å². The molecule has 4 aromatic rings. The predicted molar refractivity (Wildman–Crippen MR) is 134 cm³/mol. The Hall–Kier alpha value is -4.28. The second-order valence-corrected chi connectivity index (χ2v) is 9.78. The molecular weight excluding hydrogens is 460 g/mol. The highest BCUT2D eigenvalue weighted by molar-refractivity contribution is 5.95. The number of nitrogens with zero attached hydrogens (tertiary/aromatic N) is 6. The highest BCUT2D eigenvalue weighted by atomic mass is 16.6. The van der Waals surface area contributed by atoms with E-state index in [1.807, 2.05) is 62.1 Å². The van der Waals surface area contributed by atoms with Gasteiger partial charge in [-0.1, -0.05) is 12.1 Å². The lowest BCUT2D eigenvalue weighted by Crippen LogP contribution is -2.47. The van der Waals surface area contributed by atoms with Crippen LogP contribution in [0.2, 0.25) is 0 Å². The number of rotatable bonds is 4. The molecule has 186 valence electrons. The summed E-state index contributed by atoms with van der Waals surface area (Å²) in [5.41, 5.74) is 2.91. The second-order valence-electron chi connectivity index (χ2n) is 9.78. The van der Waals surface area contributed by atoms with E-state index in [-0.39, 0.29) is 11.9 Å². The molecule has 0 atom stereocenters. The number of anilines is 2. The van der Waals surface area contributed by atoms with Crippen molar-refractivity contribution in [3.63, 3.8) is 0 Å². The quantitative estimate of drug-likeness (QED) is 0.447. The van der Waals surface area contributed by atoms with Crippen molar-refractivity contribution in [2.75, 3.05) is 18.4 Å². The van der Waals surface area contributed by atoms with E-state index in [2.05, 4.69) is 31.1 Å². The van der Waals surface area contributed by atoms with E-state index < -0.39 is 11.7 Å². The Morgan fingerprint density at radius 2 is 1.75 bits per heavy atom. The van der Waals surface area contributed by atoms with E-state index in [9.17, 15) is 9.59 Å². The Balaban J connectivity index is 1.22. The van der Waals surface area contributed by atoms with Crippen LogP contribution in [-0.4, -0.2) is 66.7 Å². The fraction of sp³-hybridized carbons (Fsp3) is 0.360. The summed E-state index contributed by atoms with van der Waals surface area (Å²) in [6.07, 6.45) is 0.942. The van der Waals surface area contributed by atoms with Crippen LogP contribution in [0.1, 0.15) is 44.0 Å². The number of hydrogen-bond donors (Lipinski definition) is 2. The maximum Gasteiger partial charge on any atom is 0.407 e. The van der Waals surface area contributed by atoms with Gasteiger partial charge < -0.3 is 20.3 Å². The molecule has 2 N–H and O–H groups in total. The van der Waals surface area contributed by atoms with E-state index in [4.69, 9.17) is 4.74 Å². The fourth-order valence-corrected chi connectivity index (χ4v) is 4.21. The van der Waals surface area contributed by atoms with Crippen LogP contribution in [0.4, 0.5) is 16.3 Å². The molecule has 0 unspecified atom stereocenters. The van der Waals surface area contributed by atoms with Gasteiger partial charge in [-0.05, 0) is 80.4 Å². The number of carbonyl (C=O) groups excluding carboxylic acids is 2. The number of likely N-dealkylation sites (tertiary alicyclic amines) is 1. The van der Waals surface area contributed by atoms with Gasteiger partial charge in [0.2, 0.25) is 5.65 Å². The topological polar surface area (TPSA) is 127 Å². The number of benzene rings is 2. The van der Waals surface area contributed by atoms with Crippen LogP contribution < -0.4 is 10.6 Å². The van der Waals surface area contributed by atoms with E-state index >= 15 is 0 Å². The molecule has 0 spiro atoms. The van der Waals surface area contributed by atoms with Gasteiger partial charge in [0.05, 0.1) is 11.0 Å². The standard InChI is InChI=1S/C25H28N8O3/c1-25(2,3)36-24(35)27-18-12-14-32(15-13-18)23(34)16-8-10-17(11-9-16)26-21-22-29-30-31-33(22)20-7-5-4-6-19(20)28-21/h4-11,18H,12-15H2,1-3H3,(H,26,28)(H,27,35). The zero-order chi connectivity index (χ0) is 25.3. The average Bonchev–Trinajstić information content (AvgIpc) is 3.34. The molecule has 3 heterocycles. The summed E-state index contributed by atoms with van der Waals surface area (Å²) in [6, 6.07) is 14.9. The highest BCUT2D eigenvalue weighted by Crippen LogP contribution is 2.23. The van der Waals surface area contributed by atoms with E-state index in [1.54, 1.807) is 16.6 Å². The van der Waals surface area contributed by atoms with Crippen LogP contribution in [0.15, 0.2) is 48.5 Å². The fourth-order valence-electron chi connectivity index (χ4n) is 4.21. The first-order chi connectivity index (χ1) is 17.3. The maximum absolute atomic E-state index is 13.0. The molecule has 0 bridgehead atoms. The van der Waals surface area contributed by atoms with Crippen LogP contribution in [0.3, 0.4) is 0 Å². The lowest BCUT2D eigenvalue weighted by Gasteiger charge is -2.33. The molecule has 1 fully saturated rings. The van der Waals surface area contributed by atoms with Gasteiger partial charge in [0.15, 0.2) is 5.82 Å². The number of fused-ring (bicyclic) bond motifs is 3. The average molecular weight is 489 g/mol. The van der Waals surface area contributed by atoms with E-state index in [0.29, 0.717) is 43.0 Å². The molecule has 0 saturated carbocycles. The monoisotopic (exact) mass is 488 g/mol. The van der Waals surface area contributed by atoms with E-state index in [0.717, 1.165) is 16.7 Å². The molecule has 0 aliphatic carbocycles. The Morgan fingerprint density at radius 1 is 1.03 bits per heavy atom. The molecule has 11 nitrogen and oxygen atoms in total. The number of para-hydroxylation sites is 2. The smallest absolute Gasteiger partial charge is 0.407 e. The molecule has 5 rings (SSSR count). The molecule has 2 aromatic carbocycles. The number of alkyl carbamates (subject to hydrolysis) is 1. The van der Waals surface area contributed by atoms with Crippen molar-refractivity contribution in [1.82, 2.24) is 35.2 Å². The van der Waals surface area contributed by atoms with Crippen LogP contribution in [0.5, 0.6) is 0 Å². The third kappa shape index (κ3) is 5.04.